The van der Waals surface area contributed by atoms with E-state index in [1.54, 1.807) is 24.3 Å². The summed E-state index contributed by atoms with van der Waals surface area (Å²) in [5.74, 6) is -3.67. The third-order valence-electron chi connectivity index (χ3n) is 5.36. The topological polar surface area (TPSA) is 94.0 Å². The first-order valence-electron chi connectivity index (χ1n) is 9.33. The number of hydrogen-bond donors (Lipinski definition) is 2. The summed E-state index contributed by atoms with van der Waals surface area (Å²) in [4.78, 5) is 16.2. The van der Waals surface area contributed by atoms with Crippen molar-refractivity contribution in [1.82, 2.24) is 10.1 Å². The predicted octanol–water partition coefficient (Wildman–Crippen LogP) is 4.33. The number of pyridine rings is 1. The summed E-state index contributed by atoms with van der Waals surface area (Å²) in [6, 6.07) is 9.21. The molecule has 3 aromatic rings. The van der Waals surface area contributed by atoms with E-state index in [1.165, 1.54) is 12.3 Å². The first-order valence-corrected chi connectivity index (χ1v) is 9.33. The third kappa shape index (κ3) is 3.74. The molecule has 0 unspecified atom stereocenters. The largest absolute Gasteiger partial charge is 0.384 e. The molecule has 2 aromatic heterocycles. The average molecular weight is 416 g/mol. The minimum atomic E-state index is -2.91. The fourth-order valence-electron chi connectivity index (χ4n) is 3.43. The summed E-state index contributed by atoms with van der Waals surface area (Å²) in [5.41, 5.74) is 5.87. The number of halogens is 3. The SMILES string of the molecule is CC(F)(F)C1(c2cc(NC(=O)Cc3ccc(-c4cnc(N)cc4F)cc3)on2)CC1. The second-order valence-corrected chi connectivity index (χ2v) is 7.56. The van der Waals surface area contributed by atoms with E-state index in [-0.39, 0.29) is 29.7 Å². The van der Waals surface area contributed by atoms with Crippen LogP contribution in [-0.4, -0.2) is 22.0 Å². The molecule has 9 heteroatoms. The summed E-state index contributed by atoms with van der Waals surface area (Å²) in [7, 11) is 0. The molecular weight excluding hydrogens is 397 g/mol. The highest BCUT2D eigenvalue weighted by atomic mass is 19.3. The number of nitrogens with one attached hydrogen (secondary N) is 1. The maximum Gasteiger partial charge on any atom is 0.256 e. The van der Waals surface area contributed by atoms with Gasteiger partial charge in [-0.1, -0.05) is 29.4 Å². The first kappa shape index (κ1) is 19.9. The van der Waals surface area contributed by atoms with E-state index in [9.17, 15) is 18.0 Å². The second-order valence-electron chi connectivity index (χ2n) is 7.56. The molecule has 0 atom stereocenters. The molecule has 0 aliphatic heterocycles. The van der Waals surface area contributed by atoms with Gasteiger partial charge in [0.2, 0.25) is 11.8 Å². The number of anilines is 2. The summed E-state index contributed by atoms with van der Waals surface area (Å²) in [6.45, 7) is 0.864. The molecule has 30 heavy (non-hydrogen) atoms. The van der Waals surface area contributed by atoms with Crippen LogP contribution in [0.25, 0.3) is 11.1 Å². The lowest BCUT2D eigenvalue weighted by molar-refractivity contribution is -0.115. The molecule has 1 fully saturated rings. The van der Waals surface area contributed by atoms with Crippen LogP contribution in [0.15, 0.2) is 47.1 Å². The average Bonchev–Trinajstić information content (AvgIpc) is 3.37. The number of rotatable bonds is 6. The molecule has 1 amide bonds. The minimum Gasteiger partial charge on any atom is -0.384 e. The van der Waals surface area contributed by atoms with Gasteiger partial charge in [-0.05, 0) is 24.0 Å². The summed E-state index contributed by atoms with van der Waals surface area (Å²) in [5, 5.41) is 6.24. The lowest BCUT2D eigenvalue weighted by Crippen LogP contribution is -2.30. The number of carbonyl (C=O) groups excluding carboxylic acids is 1. The molecule has 156 valence electrons. The van der Waals surface area contributed by atoms with Gasteiger partial charge < -0.3 is 10.3 Å². The molecule has 1 aliphatic carbocycles. The number of amides is 1. The van der Waals surface area contributed by atoms with Crippen LogP contribution in [0, 0.1) is 5.82 Å². The normalized spacial score (nSPS) is 15.1. The maximum atomic E-state index is 14.0. The Kier molecular flexibility index (Phi) is 4.76. The highest BCUT2D eigenvalue weighted by Gasteiger charge is 2.62. The molecular formula is C21H19F3N4O2. The van der Waals surface area contributed by atoms with Crippen LogP contribution in [0.2, 0.25) is 0 Å². The van der Waals surface area contributed by atoms with E-state index >= 15 is 0 Å². The third-order valence-corrected chi connectivity index (χ3v) is 5.36. The van der Waals surface area contributed by atoms with E-state index in [4.69, 9.17) is 10.3 Å². The molecule has 3 N–H and O–H groups in total. The van der Waals surface area contributed by atoms with Gasteiger partial charge in [-0.15, -0.1) is 0 Å². The Morgan fingerprint density at radius 3 is 2.57 bits per heavy atom. The lowest BCUT2D eigenvalue weighted by atomic mass is 9.95. The fraction of sp³-hybridized carbons (Fsp3) is 0.286. The lowest BCUT2D eigenvalue weighted by Gasteiger charge is -2.19. The Hall–Kier alpha value is -3.36. The van der Waals surface area contributed by atoms with Gasteiger partial charge in [-0.25, -0.2) is 18.2 Å². The van der Waals surface area contributed by atoms with Crippen LogP contribution in [-0.2, 0) is 16.6 Å². The summed E-state index contributed by atoms with van der Waals surface area (Å²) < 4.78 is 46.6. The number of nitrogens with zero attached hydrogens (tertiary/aromatic N) is 2. The van der Waals surface area contributed by atoms with Crippen molar-refractivity contribution in [2.24, 2.45) is 0 Å². The fourth-order valence-corrected chi connectivity index (χ4v) is 3.43. The number of benzene rings is 1. The van der Waals surface area contributed by atoms with Gasteiger partial charge in [0.25, 0.3) is 5.92 Å². The Morgan fingerprint density at radius 2 is 1.97 bits per heavy atom. The second kappa shape index (κ2) is 7.16. The monoisotopic (exact) mass is 416 g/mol. The zero-order chi connectivity index (χ0) is 21.5. The van der Waals surface area contributed by atoms with E-state index in [0.29, 0.717) is 29.5 Å². The van der Waals surface area contributed by atoms with Crippen LogP contribution in [0.5, 0.6) is 0 Å². The van der Waals surface area contributed by atoms with Crippen molar-refractivity contribution in [3.05, 3.63) is 59.7 Å². The van der Waals surface area contributed by atoms with Crippen LogP contribution in [0.1, 0.15) is 31.0 Å². The Labute approximate surface area is 170 Å². The smallest absolute Gasteiger partial charge is 0.256 e. The maximum absolute atomic E-state index is 14.0. The van der Waals surface area contributed by atoms with Crippen LogP contribution in [0.3, 0.4) is 0 Å². The minimum absolute atomic E-state index is 0.0217. The molecule has 4 rings (SSSR count). The number of nitrogen functional groups attached to an aromatic ring is 1. The van der Waals surface area contributed by atoms with Gasteiger partial charge in [0, 0.05) is 30.8 Å². The first-order chi connectivity index (χ1) is 14.2. The number of aromatic nitrogens is 2. The Bertz CT molecular complexity index is 1090. The number of hydrogen-bond acceptors (Lipinski definition) is 5. The van der Waals surface area contributed by atoms with Crippen LogP contribution in [0.4, 0.5) is 24.9 Å². The van der Waals surface area contributed by atoms with Crippen molar-refractivity contribution in [3.8, 4) is 11.1 Å². The van der Waals surface area contributed by atoms with E-state index in [2.05, 4.69) is 15.5 Å². The van der Waals surface area contributed by atoms with Crippen molar-refractivity contribution in [2.75, 3.05) is 11.1 Å². The molecule has 0 bridgehead atoms. The molecule has 6 nitrogen and oxygen atoms in total. The molecule has 0 saturated heterocycles. The highest BCUT2D eigenvalue weighted by molar-refractivity contribution is 5.91. The van der Waals surface area contributed by atoms with Gasteiger partial charge in [0.15, 0.2) is 0 Å². The molecule has 2 heterocycles. The van der Waals surface area contributed by atoms with Gasteiger partial charge >= 0.3 is 0 Å². The van der Waals surface area contributed by atoms with Gasteiger partial charge in [0.1, 0.15) is 11.6 Å². The quantitative estimate of drug-likeness (QED) is 0.624. The molecule has 1 aromatic carbocycles. The molecule has 0 spiro atoms. The standard InChI is InChI=1S/C21H19F3N4O2/c1-20(23,24)21(6-7-21)16-10-19(30-28-16)27-18(29)8-12-2-4-13(5-3-12)14-11-26-17(25)9-15(14)22/h2-5,9-11H,6-8H2,1H3,(H2,25,26)(H,27,29). The molecule has 1 aliphatic rings. The molecule has 0 radical (unpaired) electrons. The predicted molar refractivity (Wildman–Crippen MR) is 104 cm³/mol. The van der Waals surface area contributed by atoms with Crippen molar-refractivity contribution in [3.63, 3.8) is 0 Å². The summed E-state index contributed by atoms with van der Waals surface area (Å²) in [6.07, 6.45) is 2.02. The van der Waals surface area contributed by atoms with Crippen molar-refractivity contribution in [2.45, 2.75) is 37.5 Å². The zero-order valence-electron chi connectivity index (χ0n) is 16.1. The summed E-state index contributed by atoms with van der Waals surface area (Å²) >= 11 is 0. The Morgan fingerprint density at radius 1 is 1.27 bits per heavy atom. The number of alkyl halides is 2. The van der Waals surface area contributed by atoms with Crippen molar-refractivity contribution >= 4 is 17.6 Å². The van der Waals surface area contributed by atoms with Gasteiger partial charge in [-0.2, -0.15) is 0 Å². The van der Waals surface area contributed by atoms with E-state index in [0.717, 1.165) is 13.0 Å². The van der Waals surface area contributed by atoms with E-state index in [1.807, 2.05) is 0 Å². The van der Waals surface area contributed by atoms with E-state index < -0.39 is 17.2 Å². The Balaban J connectivity index is 1.40. The van der Waals surface area contributed by atoms with Crippen LogP contribution >= 0.6 is 0 Å². The zero-order valence-corrected chi connectivity index (χ0v) is 16.1. The van der Waals surface area contributed by atoms with Gasteiger partial charge in [0.05, 0.1) is 17.5 Å². The molecule has 1 saturated carbocycles. The van der Waals surface area contributed by atoms with Crippen molar-refractivity contribution < 1.29 is 22.5 Å². The van der Waals surface area contributed by atoms with Crippen LogP contribution < -0.4 is 11.1 Å². The highest BCUT2D eigenvalue weighted by Crippen LogP contribution is 2.57. The number of nitrogens with two attached hydrogens (primary N) is 1. The van der Waals surface area contributed by atoms with Gasteiger partial charge in [-0.3, -0.25) is 10.1 Å². The van der Waals surface area contributed by atoms with Crippen molar-refractivity contribution in [1.29, 1.82) is 0 Å². The number of carbonyl (C=O) groups is 1.